The average molecular weight is 481 g/mol. The number of anilines is 1. The second-order valence-corrected chi connectivity index (χ2v) is 8.61. The van der Waals surface area contributed by atoms with Gasteiger partial charge in [-0.1, -0.05) is 30.3 Å². The molecule has 34 heavy (non-hydrogen) atoms. The lowest BCUT2D eigenvalue weighted by Crippen LogP contribution is -2.30. The molecule has 0 aliphatic carbocycles. The van der Waals surface area contributed by atoms with Gasteiger partial charge in [-0.15, -0.1) is 11.3 Å². The van der Waals surface area contributed by atoms with E-state index in [1.54, 1.807) is 6.92 Å². The summed E-state index contributed by atoms with van der Waals surface area (Å²) < 4.78 is 19.6. The molecule has 0 radical (unpaired) electrons. The summed E-state index contributed by atoms with van der Waals surface area (Å²) in [5.41, 5.74) is 1.09. The maximum absolute atomic E-state index is 13.6. The Balaban J connectivity index is 1.54. The number of nitrogens with zero attached hydrogens (tertiary/aromatic N) is 3. The number of nitrogens with one attached hydrogen (secondary N) is 1. The van der Waals surface area contributed by atoms with Crippen molar-refractivity contribution in [1.29, 1.82) is 0 Å². The van der Waals surface area contributed by atoms with E-state index in [1.165, 1.54) is 35.1 Å². The highest BCUT2D eigenvalue weighted by atomic mass is 32.1. The number of aryl methyl sites for hydroxylation is 3. The van der Waals surface area contributed by atoms with Crippen LogP contribution < -0.4 is 10.9 Å². The molecule has 0 saturated carbocycles. The molecule has 0 atom stereocenters. The van der Waals surface area contributed by atoms with Crippen LogP contribution in [0, 0.1) is 12.7 Å². The number of ether oxygens (including phenoxy) is 1. The Morgan fingerprint density at radius 1 is 1.12 bits per heavy atom. The predicted octanol–water partition coefficient (Wildman–Crippen LogP) is 3.51. The lowest BCUT2D eigenvalue weighted by atomic mass is 10.1. The van der Waals surface area contributed by atoms with Gasteiger partial charge in [-0.05, 0) is 43.5 Å². The minimum atomic E-state index is -0.590. The number of fused-ring (bicyclic) bond motifs is 1. The molecular weight excluding hydrogens is 459 g/mol. The van der Waals surface area contributed by atoms with Crippen LogP contribution in [0.2, 0.25) is 0 Å². The number of benzene rings is 2. The minimum Gasteiger partial charge on any atom is -0.464 e. The third-order valence-electron chi connectivity index (χ3n) is 5.21. The summed E-state index contributed by atoms with van der Waals surface area (Å²) in [5, 5.41) is 2.95. The van der Waals surface area contributed by atoms with Crippen LogP contribution in [0.1, 0.15) is 26.8 Å². The molecule has 2 aromatic carbocycles. The van der Waals surface area contributed by atoms with E-state index in [4.69, 9.17) is 4.74 Å². The standard InChI is InChI=1S/C24H21FN4O4S/c1-14-26-18-10-9-16(25)12-17(18)22(31)29(14)13-20(30)27-24-28-21(23(32)33-2)19(34-24)11-8-15-6-4-3-5-7-15/h3-7,9-10,12H,8,11,13H2,1-2H3,(H,27,28,30). The van der Waals surface area contributed by atoms with Gasteiger partial charge in [0.25, 0.3) is 5.56 Å². The number of thiazole rings is 1. The molecule has 1 amide bonds. The second kappa shape index (κ2) is 9.92. The summed E-state index contributed by atoms with van der Waals surface area (Å²) in [6.07, 6.45) is 1.23. The van der Waals surface area contributed by atoms with E-state index in [9.17, 15) is 18.8 Å². The van der Waals surface area contributed by atoms with E-state index in [0.29, 0.717) is 29.1 Å². The number of rotatable bonds is 7. The number of carbonyl (C=O) groups is 2. The first-order chi connectivity index (χ1) is 16.4. The van der Waals surface area contributed by atoms with Crippen molar-refractivity contribution in [3.63, 3.8) is 0 Å². The topological polar surface area (TPSA) is 103 Å². The van der Waals surface area contributed by atoms with Crippen molar-refractivity contribution in [3.05, 3.63) is 86.7 Å². The third-order valence-corrected chi connectivity index (χ3v) is 6.25. The molecule has 174 valence electrons. The van der Waals surface area contributed by atoms with Gasteiger partial charge in [0.1, 0.15) is 18.2 Å². The van der Waals surface area contributed by atoms with Gasteiger partial charge in [0.05, 0.1) is 18.0 Å². The van der Waals surface area contributed by atoms with Gasteiger partial charge < -0.3 is 10.1 Å². The van der Waals surface area contributed by atoms with Crippen molar-refractivity contribution in [2.45, 2.75) is 26.3 Å². The van der Waals surface area contributed by atoms with Gasteiger partial charge in [-0.3, -0.25) is 14.2 Å². The number of amides is 1. The van der Waals surface area contributed by atoms with Gasteiger partial charge >= 0.3 is 5.97 Å². The van der Waals surface area contributed by atoms with E-state index >= 15 is 0 Å². The van der Waals surface area contributed by atoms with Gasteiger partial charge in [-0.2, -0.15) is 0 Å². The van der Waals surface area contributed by atoms with Crippen molar-refractivity contribution in [3.8, 4) is 0 Å². The monoisotopic (exact) mass is 480 g/mol. The van der Waals surface area contributed by atoms with E-state index < -0.39 is 23.3 Å². The molecule has 0 aliphatic heterocycles. The molecule has 0 spiro atoms. The number of methoxy groups -OCH3 is 1. The SMILES string of the molecule is COC(=O)c1nc(NC(=O)Cn2c(C)nc3ccc(F)cc3c2=O)sc1CCc1ccccc1. The molecule has 0 unspecified atom stereocenters. The maximum atomic E-state index is 13.6. The molecule has 4 rings (SSSR count). The summed E-state index contributed by atoms with van der Waals surface area (Å²) in [4.78, 5) is 46.9. The van der Waals surface area contributed by atoms with Crippen molar-refractivity contribution in [2.75, 3.05) is 12.4 Å². The van der Waals surface area contributed by atoms with Gasteiger partial charge in [0.15, 0.2) is 10.8 Å². The zero-order valence-corrected chi connectivity index (χ0v) is 19.3. The number of hydrogen-bond acceptors (Lipinski definition) is 7. The first-order valence-electron chi connectivity index (χ1n) is 10.4. The zero-order valence-electron chi connectivity index (χ0n) is 18.5. The lowest BCUT2D eigenvalue weighted by molar-refractivity contribution is -0.116. The van der Waals surface area contributed by atoms with Gasteiger partial charge in [0.2, 0.25) is 5.91 Å². The highest BCUT2D eigenvalue weighted by Gasteiger charge is 2.20. The predicted molar refractivity (Wildman–Crippen MR) is 127 cm³/mol. The molecule has 0 saturated heterocycles. The minimum absolute atomic E-state index is 0.0869. The molecule has 1 N–H and O–H groups in total. The van der Waals surface area contributed by atoms with Crippen LogP contribution in [0.5, 0.6) is 0 Å². The average Bonchev–Trinajstić information content (AvgIpc) is 3.23. The van der Waals surface area contributed by atoms with Crippen LogP contribution in [-0.4, -0.2) is 33.5 Å². The lowest BCUT2D eigenvalue weighted by Gasteiger charge is -2.10. The first kappa shape index (κ1) is 23.2. The van der Waals surface area contributed by atoms with Crippen LogP contribution in [0.3, 0.4) is 0 Å². The molecule has 4 aromatic rings. The highest BCUT2D eigenvalue weighted by molar-refractivity contribution is 7.16. The van der Waals surface area contributed by atoms with E-state index in [2.05, 4.69) is 15.3 Å². The molecule has 0 fully saturated rings. The number of hydrogen-bond donors (Lipinski definition) is 1. The Labute approximate surface area is 198 Å². The molecule has 8 nitrogen and oxygen atoms in total. The quantitative estimate of drug-likeness (QED) is 0.406. The van der Waals surface area contributed by atoms with Crippen LogP contribution in [0.25, 0.3) is 10.9 Å². The van der Waals surface area contributed by atoms with Crippen LogP contribution in [-0.2, 0) is 28.9 Å². The molecular formula is C24H21FN4O4S. The van der Waals surface area contributed by atoms with E-state index in [0.717, 1.165) is 11.6 Å². The number of esters is 1. The van der Waals surface area contributed by atoms with Crippen molar-refractivity contribution in [1.82, 2.24) is 14.5 Å². The van der Waals surface area contributed by atoms with Gasteiger partial charge in [0, 0.05) is 4.88 Å². The van der Waals surface area contributed by atoms with Gasteiger partial charge in [-0.25, -0.2) is 19.2 Å². The summed E-state index contributed by atoms with van der Waals surface area (Å²) in [6.45, 7) is 1.26. The molecule has 2 aromatic heterocycles. The Bertz CT molecular complexity index is 1430. The Hall–Kier alpha value is -3.92. The Morgan fingerprint density at radius 3 is 2.62 bits per heavy atom. The van der Waals surface area contributed by atoms with E-state index in [1.807, 2.05) is 30.3 Å². The summed E-state index contributed by atoms with van der Waals surface area (Å²) >= 11 is 1.18. The van der Waals surface area contributed by atoms with Crippen molar-refractivity contribution < 1.29 is 18.7 Å². The van der Waals surface area contributed by atoms with Crippen LogP contribution in [0.15, 0.2) is 53.3 Å². The Kier molecular flexibility index (Phi) is 6.78. The molecule has 10 heteroatoms. The Morgan fingerprint density at radius 2 is 1.88 bits per heavy atom. The fourth-order valence-electron chi connectivity index (χ4n) is 3.53. The fraction of sp³-hybridized carbons (Fsp3) is 0.208. The zero-order chi connectivity index (χ0) is 24.2. The van der Waals surface area contributed by atoms with E-state index in [-0.39, 0.29) is 22.8 Å². The number of carbonyl (C=O) groups excluding carboxylic acids is 2. The normalized spacial score (nSPS) is 10.9. The summed E-state index contributed by atoms with van der Waals surface area (Å²) in [6, 6.07) is 13.5. The smallest absolute Gasteiger partial charge is 0.357 e. The molecule has 2 heterocycles. The maximum Gasteiger partial charge on any atom is 0.357 e. The first-order valence-corrected chi connectivity index (χ1v) is 11.3. The number of aromatic nitrogens is 3. The van der Waals surface area contributed by atoms with Crippen LogP contribution >= 0.6 is 11.3 Å². The van der Waals surface area contributed by atoms with Crippen molar-refractivity contribution >= 4 is 39.2 Å². The molecule has 0 aliphatic rings. The highest BCUT2D eigenvalue weighted by Crippen LogP contribution is 2.25. The number of halogens is 1. The van der Waals surface area contributed by atoms with Crippen LogP contribution in [0.4, 0.5) is 9.52 Å². The largest absolute Gasteiger partial charge is 0.464 e. The second-order valence-electron chi connectivity index (χ2n) is 7.53. The fourth-order valence-corrected chi connectivity index (χ4v) is 4.49. The van der Waals surface area contributed by atoms with Crippen molar-refractivity contribution in [2.24, 2.45) is 0 Å². The third kappa shape index (κ3) is 5.01. The summed E-state index contributed by atoms with van der Waals surface area (Å²) in [5.74, 6) is -1.36. The summed E-state index contributed by atoms with van der Waals surface area (Å²) in [7, 11) is 1.27. The molecule has 0 bridgehead atoms.